The standard InChI is InChI=1S/C39H39N3O4/c1-2-3-16-32(37(40)44)33(23-25-21-22-25)38(45)41-35-31-19-8-7-17-29(31)30-18-9-10-20-34(30)42(39(35)46)28-15-11-14-27(24-28)36(43)26-12-5-4-6-13-26/h4-15,17-20,24-25,32-33,35H,2-3,16,21-23H2,1H3,(H2,40,44)(H,41,45)/t32-,33+,35?/m0/s1. The summed E-state index contributed by atoms with van der Waals surface area (Å²) in [4.78, 5) is 56.8. The summed E-state index contributed by atoms with van der Waals surface area (Å²) < 4.78 is 0. The van der Waals surface area contributed by atoms with Crippen LogP contribution >= 0.6 is 0 Å². The number of unbranched alkanes of at least 4 members (excludes halogenated alkanes) is 1. The molecule has 4 aromatic carbocycles. The molecule has 0 radical (unpaired) electrons. The van der Waals surface area contributed by atoms with Crippen LogP contribution in [0.25, 0.3) is 11.1 Å². The molecule has 1 unspecified atom stereocenters. The molecular weight excluding hydrogens is 574 g/mol. The number of anilines is 2. The van der Waals surface area contributed by atoms with Crippen molar-refractivity contribution in [1.29, 1.82) is 0 Å². The third-order valence-electron chi connectivity index (χ3n) is 9.20. The lowest BCUT2D eigenvalue weighted by Crippen LogP contribution is -2.46. The quantitative estimate of drug-likeness (QED) is 0.166. The zero-order valence-electron chi connectivity index (χ0n) is 26.0. The van der Waals surface area contributed by atoms with Gasteiger partial charge in [-0.05, 0) is 48.1 Å². The Morgan fingerprint density at radius 3 is 2.22 bits per heavy atom. The highest BCUT2D eigenvalue weighted by Crippen LogP contribution is 2.44. The van der Waals surface area contributed by atoms with Crippen molar-refractivity contribution in [3.05, 3.63) is 120 Å². The summed E-state index contributed by atoms with van der Waals surface area (Å²) in [6.45, 7) is 2.05. The summed E-state index contributed by atoms with van der Waals surface area (Å²) in [5.41, 5.74) is 10.4. The SMILES string of the molecule is CCCC[C@H](C(N)=O)[C@@H](CC1CC1)C(=O)NC1C(=O)N(c2cccc(C(=O)c3ccccc3)c2)c2ccccc2-c2ccccc21. The van der Waals surface area contributed by atoms with Crippen molar-refractivity contribution in [3.63, 3.8) is 0 Å². The van der Waals surface area contributed by atoms with Gasteiger partial charge in [-0.1, -0.05) is 118 Å². The number of carbonyl (C=O) groups excluding carboxylic acids is 4. The number of carbonyl (C=O) groups is 4. The molecule has 7 nitrogen and oxygen atoms in total. The molecule has 3 N–H and O–H groups in total. The number of fused-ring (bicyclic) bond motifs is 3. The molecule has 0 aromatic heterocycles. The van der Waals surface area contributed by atoms with E-state index in [0.29, 0.717) is 46.8 Å². The van der Waals surface area contributed by atoms with E-state index in [9.17, 15) is 19.2 Å². The van der Waals surface area contributed by atoms with Gasteiger partial charge in [-0.25, -0.2) is 0 Å². The normalized spacial score (nSPS) is 16.8. The Kier molecular flexibility index (Phi) is 9.11. The van der Waals surface area contributed by atoms with Crippen LogP contribution in [0.1, 0.15) is 73.0 Å². The second-order valence-corrected chi connectivity index (χ2v) is 12.4. The number of benzene rings is 4. The number of nitrogens with one attached hydrogen (secondary N) is 1. The van der Waals surface area contributed by atoms with Gasteiger partial charge in [-0.3, -0.25) is 24.1 Å². The van der Waals surface area contributed by atoms with Crippen LogP contribution in [0.5, 0.6) is 0 Å². The van der Waals surface area contributed by atoms with Crippen molar-refractivity contribution in [2.45, 2.75) is 51.5 Å². The fourth-order valence-electron chi connectivity index (χ4n) is 6.60. The molecule has 2 aliphatic rings. The maximum Gasteiger partial charge on any atom is 0.258 e. The first-order chi connectivity index (χ1) is 22.4. The van der Waals surface area contributed by atoms with Crippen molar-refractivity contribution in [2.75, 3.05) is 4.90 Å². The Hall–Kier alpha value is -5.04. The van der Waals surface area contributed by atoms with E-state index < -0.39 is 23.8 Å². The van der Waals surface area contributed by atoms with Crippen LogP contribution in [-0.2, 0) is 14.4 Å². The molecule has 3 atom stereocenters. The van der Waals surface area contributed by atoms with Gasteiger partial charge in [-0.15, -0.1) is 0 Å². The first kappa shape index (κ1) is 31.0. The van der Waals surface area contributed by atoms with E-state index in [1.54, 1.807) is 41.3 Å². The first-order valence-corrected chi connectivity index (χ1v) is 16.2. The minimum atomic E-state index is -1.04. The maximum atomic E-state index is 14.8. The number of ketones is 1. The summed E-state index contributed by atoms with van der Waals surface area (Å²) in [5, 5.41) is 3.10. The van der Waals surface area contributed by atoms with Crippen molar-refractivity contribution >= 4 is 34.9 Å². The highest BCUT2D eigenvalue weighted by atomic mass is 16.2. The van der Waals surface area contributed by atoms with Crippen molar-refractivity contribution in [1.82, 2.24) is 5.32 Å². The molecule has 1 aliphatic heterocycles. The smallest absolute Gasteiger partial charge is 0.258 e. The molecule has 1 heterocycles. The predicted octanol–water partition coefficient (Wildman–Crippen LogP) is 7.13. The van der Waals surface area contributed by atoms with Gasteiger partial charge in [0, 0.05) is 34.2 Å². The Bertz CT molecular complexity index is 1760. The monoisotopic (exact) mass is 613 g/mol. The second-order valence-electron chi connectivity index (χ2n) is 12.4. The van der Waals surface area contributed by atoms with Crippen molar-refractivity contribution in [3.8, 4) is 11.1 Å². The van der Waals surface area contributed by atoms with E-state index in [1.807, 2.05) is 73.7 Å². The number of primary amides is 1. The summed E-state index contributed by atoms with van der Waals surface area (Å²) in [6, 6.07) is 30.2. The number of nitrogens with two attached hydrogens (primary N) is 1. The minimum Gasteiger partial charge on any atom is -0.369 e. The lowest BCUT2D eigenvalue weighted by molar-refractivity contribution is -0.136. The number of hydrogen-bond donors (Lipinski definition) is 2. The first-order valence-electron chi connectivity index (χ1n) is 16.2. The third-order valence-corrected chi connectivity index (χ3v) is 9.20. The number of hydrogen-bond acceptors (Lipinski definition) is 4. The molecule has 0 spiro atoms. The van der Waals surface area contributed by atoms with E-state index in [1.165, 1.54) is 0 Å². The Morgan fingerprint density at radius 1 is 0.826 bits per heavy atom. The van der Waals surface area contributed by atoms with Gasteiger partial charge in [-0.2, -0.15) is 0 Å². The predicted molar refractivity (Wildman–Crippen MR) is 179 cm³/mol. The van der Waals surface area contributed by atoms with Crippen LogP contribution in [-0.4, -0.2) is 23.5 Å². The maximum absolute atomic E-state index is 14.8. The summed E-state index contributed by atoms with van der Waals surface area (Å²) in [6.07, 6.45) is 4.82. The van der Waals surface area contributed by atoms with Crippen LogP contribution in [0.15, 0.2) is 103 Å². The molecule has 1 aliphatic carbocycles. The van der Waals surface area contributed by atoms with E-state index in [2.05, 4.69) is 5.32 Å². The molecule has 0 bridgehead atoms. The molecule has 234 valence electrons. The van der Waals surface area contributed by atoms with Crippen molar-refractivity contribution in [2.24, 2.45) is 23.5 Å². The molecule has 1 fully saturated rings. The number of nitrogens with zero attached hydrogens (tertiary/aromatic N) is 1. The molecule has 6 rings (SSSR count). The molecule has 7 heteroatoms. The van der Waals surface area contributed by atoms with Gasteiger partial charge in [0.25, 0.3) is 5.91 Å². The molecule has 46 heavy (non-hydrogen) atoms. The highest BCUT2D eigenvalue weighted by molar-refractivity contribution is 6.13. The number of para-hydroxylation sites is 1. The van der Waals surface area contributed by atoms with Crippen molar-refractivity contribution < 1.29 is 19.2 Å². The fraction of sp³-hybridized carbons (Fsp3) is 0.282. The third kappa shape index (κ3) is 6.36. The Morgan fingerprint density at radius 2 is 1.50 bits per heavy atom. The van der Waals surface area contributed by atoms with E-state index in [-0.39, 0.29) is 17.6 Å². The Labute approximate surface area is 269 Å². The van der Waals surface area contributed by atoms with E-state index in [0.717, 1.165) is 36.8 Å². The largest absolute Gasteiger partial charge is 0.369 e. The summed E-state index contributed by atoms with van der Waals surface area (Å²) in [7, 11) is 0. The zero-order chi connectivity index (χ0) is 32.2. The molecule has 4 aromatic rings. The van der Waals surface area contributed by atoms with Crippen LogP contribution in [0.4, 0.5) is 11.4 Å². The molecular formula is C39H39N3O4. The van der Waals surface area contributed by atoms with Gasteiger partial charge in [0.05, 0.1) is 5.69 Å². The van der Waals surface area contributed by atoms with Gasteiger partial charge < -0.3 is 11.1 Å². The fourth-order valence-corrected chi connectivity index (χ4v) is 6.60. The van der Waals surface area contributed by atoms with E-state index >= 15 is 0 Å². The van der Waals surface area contributed by atoms with Gasteiger partial charge in [0.2, 0.25) is 11.8 Å². The lowest BCUT2D eigenvalue weighted by Gasteiger charge is -2.29. The average molecular weight is 614 g/mol. The van der Waals surface area contributed by atoms with Crippen LogP contribution in [0.3, 0.4) is 0 Å². The minimum absolute atomic E-state index is 0.154. The van der Waals surface area contributed by atoms with Crippen LogP contribution < -0.4 is 16.0 Å². The second kappa shape index (κ2) is 13.5. The zero-order valence-corrected chi connectivity index (χ0v) is 26.0. The van der Waals surface area contributed by atoms with Crippen LogP contribution in [0.2, 0.25) is 0 Å². The lowest BCUT2D eigenvalue weighted by atomic mass is 9.82. The Balaban J connectivity index is 1.42. The van der Waals surface area contributed by atoms with Gasteiger partial charge in [0.1, 0.15) is 6.04 Å². The van der Waals surface area contributed by atoms with E-state index in [4.69, 9.17) is 5.73 Å². The van der Waals surface area contributed by atoms with Crippen LogP contribution in [0, 0.1) is 17.8 Å². The highest BCUT2D eigenvalue weighted by Gasteiger charge is 2.41. The topological polar surface area (TPSA) is 110 Å². The number of rotatable bonds is 12. The molecule has 1 saturated carbocycles. The average Bonchev–Trinajstić information content (AvgIpc) is 3.92. The van der Waals surface area contributed by atoms with Gasteiger partial charge >= 0.3 is 0 Å². The number of amides is 3. The summed E-state index contributed by atoms with van der Waals surface area (Å²) >= 11 is 0. The summed E-state index contributed by atoms with van der Waals surface area (Å²) in [5.74, 6) is -2.17. The van der Waals surface area contributed by atoms with Gasteiger partial charge in [0.15, 0.2) is 5.78 Å². The molecule has 3 amide bonds. The molecule has 0 saturated heterocycles.